The number of rotatable bonds is 2. The monoisotopic (exact) mass is 302 g/mol. The zero-order chi connectivity index (χ0) is 11.1. The molecule has 0 aromatic heterocycles. The van der Waals surface area contributed by atoms with Gasteiger partial charge >= 0.3 is 96.7 Å². The quantitative estimate of drug-likeness (QED) is 0.672. The molecule has 10 aliphatic rings. The van der Waals surface area contributed by atoms with E-state index in [1.54, 1.807) is 38.5 Å². The third-order valence-electron chi connectivity index (χ3n) is 16.8. The van der Waals surface area contributed by atoms with Crippen molar-refractivity contribution < 1.29 is 6.51 Å². The molecule has 0 aromatic rings. The number of hydrogen-bond donors (Lipinski definition) is 0. The Kier molecular flexibility index (Phi) is 0.233. The van der Waals surface area contributed by atoms with Crippen molar-refractivity contribution in [3.8, 4) is 0 Å². The molecule has 10 aliphatic heterocycles. The van der Waals surface area contributed by atoms with Crippen molar-refractivity contribution in [2.45, 2.75) is 72.6 Å². The maximum atomic E-state index is 2.82. The van der Waals surface area contributed by atoms with E-state index in [-0.39, 0.29) is 17.6 Å². The van der Waals surface area contributed by atoms with Gasteiger partial charge in [0.25, 0.3) is 0 Å². The van der Waals surface area contributed by atoms with Crippen molar-refractivity contribution in [2.24, 2.45) is 0 Å². The molecule has 10 heterocycles. The average Bonchev–Trinajstić information content (AvgIpc) is 3.22. The minimum absolute atomic E-state index is 0.353. The van der Waals surface area contributed by atoms with Gasteiger partial charge < -0.3 is 0 Å². The van der Waals surface area contributed by atoms with Crippen LogP contribution in [0.1, 0.15) is 0 Å². The fraction of sp³-hybridized carbons (Fsp3) is 1.00. The van der Waals surface area contributed by atoms with Crippen molar-refractivity contribution in [1.82, 2.24) is 0 Å². The molecule has 0 radical (unpaired) electrons. The summed E-state index contributed by atoms with van der Waals surface area (Å²) in [5.74, 6) is 0. The summed E-state index contributed by atoms with van der Waals surface area (Å²) >= 11 is 0. The van der Waals surface area contributed by atoms with Gasteiger partial charge in [-0.2, -0.15) is 0 Å². The van der Waals surface area contributed by atoms with Gasteiger partial charge in [0.05, 0.1) is 0 Å². The van der Waals surface area contributed by atoms with Crippen LogP contribution in [0.15, 0.2) is 0 Å². The van der Waals surface area contributed by atoms with Gasteiger partial charge in [0.15, 0.2) is 0 Å². The van der Waals surface area contributed by atoms with Crippen molar-refractivity contribution in [1.29, 1.82) is 0 Å². The van der Waals surface area contributed by atoms with Crippen LogP contribution in [0.5, 0.6) is 0 Å². The van der Waals surface area contributed by atoms with Crippen LogP contribution < -0.4 is 0 Å². The first-order valence-electron chi connectivity index (χ1n) is 8.03. The molecule has 94 valence electrons. The van der Waals surface area contributed by atoms with E-state index in [2.05, 4.69) is 26.2 Å². The Labute approximate surface area is 96.4 Å². The maximum absolute atomic E-state index is 2.82. The molecule has 0 saturated carbocycles. The van der Waals surface area contributed by atoms with Crippen LogP contribution >= 0.6 is 0 Å². The Balaban J connectivity index is 1.75. The molecule has 4 unspecified atom stereocenters. The van der Waals surface area contributed by atoms with Crippen LogP contribution in [0, 0.1) is 0 Å². The van der Waals surface area contributed by atoms with Crippen LogP contribution in [0.25, 0.3) is 0 Å². The van der Waals surface area contributed by atoms with E-state index in [4.69, 9.17) is 0 Å². The van der Waals surface area contributed by atoms with E-state index in [0.29, 0.717) is 0 Å². The van der Waals surface area contributed by atoms with Gasteiger partial charge in [-0.15, -0.1) is 0 Å². The van der Waals surface area contributed by atoms with E-state index in [9.17, 15) is 0 Å². The van der Waals surface area contributed by atoms with Crippen molar-refractivity contribution in [3.05, 3.63) is 0 Å². The molecule has 1 spiro atoms. The minimum atomic E-state index is -2.77. The second kappa shape index (κ2) is 0.558. The fourth-order valence-electron chi connectivity index (χ4n) is 20.4. The Bertz CT molecular complexity index is 908. The normalized spacial score (nSPS) is 124. The molecule has 0 bridgehead atoms. The first-order valence-corrected chi connectivity index (χ1v) is 20.0. The molecule has 10 rings (SSSR count). The fourth-order valence-corrected chi connectivity index (χ4v) is 147. The van der Waals surface area contributed by atoms with Gasteiger partial charge in [-0.3, -0.25) is 0 Å². The molecule has 0 aliphatic carbocycles. The van der Waals surface area contributed by atoms with Crippen molar-refractivity contribution >= 4 is 17.6 Å². The van der Waals surface area contributed by atoms with Crippen LogP contribution in [0.3, 0.4) is 0 Å². The van der Waals surface area contributed by atoms with Crippen molar-refractivity contribution in [2.75, 3.05) is 0 Å². The van der Waals surface area contributed by atoms with Gasteiger partial charge in [-0.1, -0.05) is 0 Å². The Morgan fingerprint density at radius 3 is 1.12 bits per heavy atom. The second-order valence-electron chi connectivity index (χ2n) is 12.2. The first-order chi connectivity index (χ1) is 7.82. The molecular weight excluding hydrogens is 280 g/mol. The summed E-state index contributed by atoms with van der Waals surface area (Å²) in [7, 11) is -0.707. The summed E-state index contributed by atoms with van der Waals surface area (Å²) in [4.78, 5) is 12.6. The van der Waals surface area contributed by atoms with E-state index >= 15 is 0 Å². The average molecular weight is 302 g/mol. The Morgan fingerprint density at radius 2 is 1.00 bits per heavy atom. The number of fused-ring (bicyclic) bond motifs is 10. The van der Waals surface area contributed by atoms with Crippen LogP contribution in [-0.2, 0) is 6.51 Å². The number of hydrogen-bond acceptors (Lipinski definition) is 0. The van der Waals surface area contributed by atoms with E-state index < -0.39 is 6.51 Å². The van der Waals surface area contributed by atoms with Gasteiger partial charge in [-0.25, -0.2) is 0 Å². The second-order valence-corrected chi connectivity index (χ2v) is 43.0. The molecule has 17 heavy (non-hydrogen) atoms. The van der Waals surface area contributed by atoms with E-state index in [1.807, 2.05) is 0 Å². The zero-order valence-corrected chi connectivity index (χ0v) is 14.5. The molecule has 0 amide bonds. The van der Waals surface area contributed by atoms with Gasteiger partial charge in [0, 0.05) is 0 Å². The molecule has 0 aromatic carbocycles. The summed E-state index contributed by atoms with van der Waals surface area (Å²) in [6.45, 7) is 8.50. The Hall–Kier alpha value is 0.953. The summed E-state index contributed by atoms with van der Waals surface area (Å²) in [6, 6.07) is 0. The topological polar surface area (TPSA) is 0 Å². The third-order valence-corrected chi connectivity index (χ3v) is 78.4. The van der Waals surface area contributed by atoms with Crippen LogP contribution in [0.4, 0.5) is 0 Å². The summed E-state index contributed by atoms with van der Waals surface area (Å²) in [5.41, 5.74) is 0. The molecule has 10 fully saturated rings. The zero-order valence-electron chi connectivity index (χ0n) is 11.1. The van der Waals surface area contributed by atoms with Crippen molar-refractivity contribution in [3.63, 3.8) is 0 Å². The van der Waals surface area contributed by atoms with Crippen LogP contribution in [0.2, 0.25) is 72.6 Å². The first kappa shape index (κ1) is 7.10. The van der Waals surface area contributed by atoms with E-state index in [0.717, 1.165) is 0 Å². The molecule has 4 atom stereocenters. The molecular formula is C14H22FeSi2. The van der Waals surface area contributed by atoms with Gasteiger partial charge in [-0.05, 0) is 0 Å². The Morgan fingerprint density at radius 1 is 0.647 bits per heavy atom. The molecule has 0 nitrogen and oxygen atoms in total. The predicted octanol–water partition coefficient (Wildman–Crippen LogP) is 4.17. The summed E-state index contributed by atoms with van der Waals surface area (Å²) in [6.07, 6.45) is 0. The van der Waals surface area contributed by atoms with Gasteiger partial charge in [0.1, 0.15) is 0 Å². The third kappa shape index (κ3) is 0.0658. The van der Waals surface area contributed by atoms with E-state index in [1.165, 1.54) is 7.87 Å². The molecule has 0 N–H and O–H groups in total. The standard InChI is InChI=1S/C9H17Si2.C5H5.Fe/c1-10(2)8-6-5-7-9(8)11(3)4;1-2-4-5-3-1;/h5-7,10-11H,1-4H3;1-5H;. The molecule has 3 heteroatoms. The van der Waals surface area contributed by atoms with Crippen LogP contribution in [-0.4, -0.2) is 17.6 Å². The SMILES string of the molecule is C[SiH](C)[C]12[CH]3[CH]4[CH]5[C]1([SiH](C)C)[Fe]43521678[CH]2[CH]1[CH]6[CH]7[CH]28. The molecule has 10 saturated heterocycles. The summed E-state index contributed by atoms with van der Waals surface area (Å²) in [5, 5.41) is 0. The van der Waals surface area contributed by atoms with Gasteiger partial charge in [0.2, 0.25) is 0 Å². The summed E-state index contributed by atoms with van der Waals surface area (Å²) < 4.78 is 2.62. The predicted molar refractivity (Wildman–Crippen MR) is 73.1 cm³/mol.